The van der Waals surface area contributed by atoms with Crippen LogP contribution in [0, 0.1) is 17.0 Å². The van der Waals surface area contributed by atoms with Crippen LogP contribution in [0.4, 0.5) is 11.5 Å². The van der Waals surface area contributed by atoms with E-state index in [-0.39, 0.29) is 18.1 Å². The van der Waals surface area contributed by atoms with E-state index in [9.17, 15) is 15.2 Å². The number of nitrogens with zero attached hydrogens (tertiary/aromatic N) is 2. The molecule has 0 aliphatic heterocycles. The first-order valence-electron chi connectivity index (χ1n) is 6.68. The van der Waals surface area contributed by atoms with E-state index in [1.807, 2.05) is 0 Å². The van der Waals surface area contributed by atoms with Crippen molar-refractivity contribution in [2.24, 2.45) is 0 Å². The molecular weight excluding hydrogens is 286 g/mol. The molecule has 0 radical (unpaired) electrons. The van der Waals surface area contributed by atoms with Gasteiger partial charge in [0.2, 0.25) is 5.82 Å². The van der Waals surface area contributed by atoms with Gasteiger partial charge in [-0.25, -0.2) is 4.98 Å². The van der Waals surface area contributed by atoms with Crippen LogP contribution in [0.15, 0.2) is 36.5 Å². The van der Waals surface area contributed by atoms with Crippen molar-refractivity contribution in [1.82, 2.24) is 4.98 Å². The van der Waals surface area contributed by atoms with Crippen molar-refractivity contribution in [2.75, 3.05) is 19.0 Å². The van der Waals surface area contributed by atoms with E-state index in [0.717, 1.165) is 0 Å². The number of aliphatic hydroxyl groups is 1. The molecule has 0 fully saturated rings. The highest BCUT2D eigenvalue weighted by atomic mass is 16.6. The van der Waals surface area contributed by atoms with Crippen molar-refractivity contribution in [1.29, 1.82) is 0 Å². The second kappa shape index (κ2) is 6.86. The molecule has 0 aliphatic carbocycles. The highest BCUT2D eigenvalue weighted by Crippen LogP contribution is 2.27. The van der Waals surface area contributed by atoms with Crippen LogP contribution >= 0.6 is 0 Å². The van der Waals surface area contributed by atoms with Crippen LogP contribution in [0.2, 0.25) is 0 Å². The summed E-state index contributed by atoms with van der Waals surface area (Å²) in [5.74, 6) is 0.688. The molecule has 116 valence electrons. The highest BCUT2D eigenvalue weighted by Gasteiger charge is 2.18. The second-order valence-electron chi connectivity index (χ2n) is 4.78. The maximum absolute atomic E-state index is 11.0. The lowest BCUT2D eigenvalue weighted by molar-refractivity contribution is -0.384. The van der Waals surface area contributed by atoms with Gasteiger partial charge in [0.1, 0.15) is 5.75 Å². The molecule has 0 bridgehead atoms. The van der Waals surface area contributed by atoms with E-state index in [1.54, 1.807) is 31.2 Å². The first-order valence-corrected chi connectivity index (χ1v) is 6.68. The Morgan fingerprint density at radius 3 is 2.86 bits per heavy atom. The van der Waals surface area contributed by atoms with Crippen LogP contribution in [0.5, 0.6) is 5.75 Å². The van der Waals surface area contributed by atoms with Gasteiger partial charge in [-0.1, -0.05) is 18.2 Å². The first-order chi connectivity index (χ1) is 10.5. The van der Waals surface area contributed by atoms with Crippen LogP contribution in [0.1, 0.15) is 17.2 Å². The predicted molar refractivity (Wildman–Crippen MR) is 82.1 cm³/mol. The van der Waals surface area contributed by atoms with Gasteiger partial charge in [-0.2, -0.15) is 0 Å². The average Bonchev–Trinajstić information content (AvgIpc) is 2.53. The molecule has 2 N–H and O–H groups in total. The van der Waals surface area contributed by atoms with Crippen LogP contribution in [-0.2, 0) is 0 Å². The number of pyridine rings is 1. The zero-order chi connectivity index (χ0) is 16.1. The highest BCUT2D eigenvalue weighted by molar-refractivity contribution is 5.56. The maximum atomic E-state index is 11.0. The standard InChI is InChI=1S/C15H17N3O4/c1-10-7-12(18(20)21)15(16-8-10)17-9-13(19)11-5-3-4-6-14(11)22-2/h3-8,13,19H,9H2,1-2H3,(H,16,17)/t13-/m1/s1. The Kier molecular flexibility index (Phi) is 4.90. The third-order valence-electron chi connectivity index (χ3n) is 3.16. The van der Waals surface area contributed by atoms with E-state index >= 15 is 0 Å². The molecule has 0 saturated heterocycles. The maximum Gasteiger partial charge on any atom is 0.311 e. The van der Waals surface area contributed by atoms with Gasteiger partial charge in [-0.3, -0.25) is 10.1 Å². The lowest BCUT2D eigenvalue weighted by Gasteiger charge is -2.15. The second-order valence-corrected chi connectivity index (χ2v) is 4.78. The van der Waals surface area contributed by atoms with Gasteiger partial charge in [-0.05, 0) is 18.6 Å². The number of hydrogen-bond donors (Lipinski definition) is 2. The van der Waals surface area contributed by atoms with Crippen LogP contribution in [0.25, 0.3) is 0 Å². The number of nitro groups is 1. The van der Waals surface area contributed by atoms with Crippen molar-refractivity contribution < 1.29 is 14.8 Å². The first kappa shape index (κ1) is 15.7. The number of ether oxygens (including phenoxy) is 1. The molecule has 0 unspecified atom stereocenters. The fraction of sp³-hybridized carbons (Fsp3) is 0.267. The number of nitrogens with one attached hydrogen (secondary N) is 1. The molecule has 0 saturated carbocycles. The summed E-state index contributed by atoms with van der Waals surface area (Å²) < 4.78 is 5.18. The van der Waals surface area contributed by atoms with Crippen molar-refractivity contribution >= 4 is 11.5 Å². The Labute approximate surface area is 127 Å². The Morgan fingerprint density at radius 2 is 2.18 bits per heavy atom. The zero-order valence-corrected chi connectivity index (χ0v) is 12.3. The summed E-state index contributed by atoms with van der Waals surface area (Å²) in [6, 6.07) is 8.50. The smallest absolute Gasteiger partial charge is 0.311 e. The summed E-state index contributed by atoms with van der Waals surface area (Å²) in [6.45, 7) is 1.81. The zero-order valence-electron chi connectivity index (χ0n) is 12.3. The van der Waals surface area contributed by atoms with Crippen molar-refractivity contribution in [3.8, 4) is 5.75 Å². The van der Waals surface area contributed by atoms with Gasteiger partial charge in [0.15, 0.2) is 0 Å². The number of para-hydroxylation sites is 1. The molecule has 1 heterocycles. The summed E-state index contributed by atoms with van der Waals surface area (Å²) in [6.07, 6.45) is 0.656. The molecule has 2 aromatic rings. The van der Waals surface area contributed by atoms with E-state index in [1.165, 1.54) is 19.4 Å². The lowest BCUT2D eigenvalue weighted by atomic mass is 10.1. The molecule has 7 nitrogen and oxygen atoms in total. The lowest BCUT2D eigenvalue weighted by Crippen LogP contribution is -2.14. The minimum Gasteiger partial charge on any atom is -0.496 e. The molecule has 2 rings (SSSR count). The Morgan fingerprint density at radius 1 is 1.45 bits per heavy atom. The van der Waals surface area contributed by atoms with Crippen LogP contribution in [-0.4, -0.2) is 28.7 Å². The summed E-state index contributed by atoms with van der Waals surface area (Å²) in [7, 11) is 1.52. The molecular formula is C15H17N3O4. The fourth-order valence-corrected chi connectivity index (χ4v) is 2.07. The van der Waals surface area contributed by atoms with Gasteiger partial charge in [0.25, 0.3) is 0 Å². The SMILES string of the molecule is COc1ccccc1[C@H](O)CNc1ncc(C)cc1[N+](=O)[O-]. The summed E-state index contributed by atoms with van der Waals surface area (Å²) in [5.41, 5.74) is 1.18. The molecule has 22 heavy (non-hydrogen) atoms. The Bertz CT molecular complexity index is 676. The van der Waals surface area contributed by atoms with Crippen LogP contribution in [0.3, 0.4) is 0 Å². The van der Waals surface area contributed by atoms with Gasteiger partial charge in [0, 0.05) is 24.4 Å². The largest absolute Gasteiger partial charge is 0.496 e. The normalized spacial score (nSPS) is 11.8. The van der Waals surface area contributed by atoms with Gasteiger partial charge >= 0.3 is 5.69 Å². The third-order valence-corrected chi connectivity index (χ3v) is 3.16. The molecule has 0 aliphatic rings. The number of aliphatic hydroxyl groups excluding tert-OH is 1. The Balaban J connectivity index is 2.14. The molecule has 0 spiro atoms. The van der Waals surface area contributed by atoms with E-state index in [0.29, 0.717) is 16.9 Å². The fourth-order valence-electron chi connectivity index (χ4n) is 2.07. The van der Waals surface area contributed by atoms with Gasteiger partial charge in [0.05, 0.1) is 18.1 Å². The number of aryl methyl sites for hydroxylation is 1. The van der Waals surface area contributed by atoms with Gasteiger partial charge in [-0.15, -0.1) is 0 Å². The van der Waals surface area contributed by atoms with E-state index in [4.69, 9.17) is 4.74 Å². The van der Waals surface area contributed by atoms with Crippen LogP contribution < -0.4 is 10.1 Å². The van der Waals surface area contributed by atoms with Crippen molar-refractivity contribution in [2.45, 2.75) is 13.0 Å². The van der Waals surface area contributed by atoms with Crippen molar-refractivity contribution in [3.05, 3.63) is 57.8 Å². The Hall–Kier alpha value is -2.67. The minimum absolute atomic E-state index is 0.0806. The van der Waals surface area contributed by atoms with E-state index < -0.39 is 11.0 Å². The molecule has 1 aromatic heterocycles. The topological polar surface area (TPSA) is 97.5 Å². The number of anilines is 1. The number of benzene rings is 1. The molecule has 1 aromatic carbocycles. The number of aromatic nitrogens is 1. The van der Waals surface area contributed by atoms with Crippen molar-refractivity contribution in [3.63, 3.8) is 0 Å². The minimum atomic E-state index is -0.876. The summed E-state index contributed by atoms with van der Waals surface area (Å²) >= 11 is 0. The predicted octanol–water partition coefficient (Wildman–Crippen LogP) is 2.45. The summed E-state index contributed by atoms with van der Waals surface area (Å²) in [4.78, 5) is 14.5. The molecule has 7 heteroatoms. The molecule has 1 atom stereocenters. The number of hydrogen-bond acceptors (Lipinski definition) is 6. The third kappa shape index (κ3) is 3.50. The van der Waals surface area contributed by atoms with E-state index in [2.05, 4.69) is 10.3 Å². The quantitative estimate of drug-likeness (QED) is 0.628. The number of methoxy groups -OCH3 is 1. The molecule has 0 amide bonds. The van der Waals surface area contributed by atoms with Gasteiger partial charge < -0.3 is 15.2 Å². The average molecular weight is 303 g/mol. The number of rotatable bonds is 6. The monoisotopic (exact) mass is 303 g/mol. The summed E-state index contributed by atoms with van der Waals surface area (Å²) in [5, 5.41) is 24.1.